The van der Waals surface area contributed by atoms with Gasteiger partial charge in [0.15, 0.2) is 5.11 Å². The van der Waals surface area contributed by atoms with Gasteiger partial charge in [-0.05, 0) is 86.6 Å². The molecule has 0 spiro atoms. The molecule has 170 valence electrons. The van der Waals surface area contributed by atoms with Crippen molar-refractivity contribution in [3.05, 3.63) is 64.2 Å². The summed E-state index contributed by atoms with van der Waals surface area (Å²) in [6, 6.07) is 10.6. The Balaban J connectivity index is 1.76. The standard InChI is InChI=1S/C25H24ClN3O3S/c1-14-13-25(2,3)28(4)21-12-20(26)15(10-18(14)21)11-19-22(30)27-24(33)29(23(19)31)16-6-8-17(32-5)9-7-16/h6-13H,1-5H3,(H,27,30,33)/b19-11+. The van der Waals surface area contributed by atoms with Crippen LogP contribution in [-0.4, -0.2) is 36.6 Å². The van der Waals surface area contributed by atoms with Crippen molar-refractivity contribution in [2.24, 2.45) is 0 Å². The Bertz CT molecular complexity index is 1250. The number of methoxy groups -OCH3 is 1. The summed E-state index contributed by atoms with van der Waals surface area (Å²) in [4.78, 5) is 29.5. The first kappa shape index (κ1) is 23.0. The van der Waals surface area contributed by atoms with E-state index in [1.807, 2.05) is 26.1 Å². The molecule has 2 aromatic rings. The molecule has 1 saturated heterocycles. The van der Waals surface area contributed by atoms with Crippen molar-refractivity contribution in [2.75, 3.05) is 24.0 Å². The van der Waals surface area contributed by atoms with E-state index in [-0.39, 0.29) is 16.2 Å². The van der Waals surface area contributed by atoms with Crippen molar-refractivity contribution >= 4 is 63.8 Å². The molecule has 1 N–H and O–H groups in total. The van der Waals surface area contributed by atoms with E-state index < -0.39 is 11.8 Å². The number of carbonyl (C=O) groups is 2. The third-order valence-corrected chi connectivity index (χ3v) is 6.68. The van der Waals surface area contributed by atoms with Crippen LogP contribution < -0.4 is 19.9 Å². The smallest absolute Gasteiger partial charge is 0.270 e. The lowest BCUT2D eigenvalue weighted by Gasteiger charge is -2.40. The lowest BCUT2D eigenvalue weighted by atomic mass is 9.88. The van der Waals surface area contributed by atoms with Crippen LogP contribution in [0.1, 0.15) is 31.9 Å². The number of rotatable bonds is 3. The van der Waals surface area contributed by atoms with Gasteiger partial charge >= 0.3 is 0 Å². The van der Waals surface area contributed by atoms with Crippen LogP contribution in [0.15, 0.2) is 48.0 Å². The minimum absolute atomic E-state index is 0.0199. The first-order chi connectivity index (χ1) is 15.5. The Morgan fingerprint density at radius 3 is 2.45 bits per heavy atom. The monoisotopic (exact) mass is 481 g/mol. The number of allylic oxidation sites excluding steroid dienone is 1. The van der Waals surface area contributed by atoms with Crippen molar-refractivity contribution in [3.63, 3.8) is 0 Å². The van der Waals surface area contributed by atoms with Crippen LogP contribution in [0.5, 0.6) is 5.75 Å². The van der Waals surface area contributed by atoms with Gasteiger partial charge in [-0.1, -0.05) is 17.7 Å². The molecule has 2 amide bonds. The number of hydrogen-bond acceptors (Lipinski definition) is 5. The van der Waals surface area contributed by atoms with E-state index in [1.165, 1.54) is 11.0 Å². The molecule has 4 rings (SSSR count). The van der Waals surface area contributed by atoms with E-state index in [4.69, 9.17) is 28.6 Å². The highest BCUT2D eigenvalue weighted by atomic mass is 35.5. The first-order valence-corrected chi connectivity index (χ1v) is 11.1. The lowest BCUT2D eigenvalue weighted by molar-refractivity contribution is -0.122. The minimum atomic E-state index is -0.561. The summed E-state index contributed by atoms with van der Waals surface area (Å²) in [5.41, 5.74) is 3.99. The van der Waals surface area contributed by atoms with Crippen LogP contribution in [0, 0.1) is 0 Å². The van der Waals surface area contributed by atoms with Gasteiger partial charge in [0.05, 0.1) is 18.3 Å². The van der Waals surface area contributed by atoms with E-state index in [9.17, 15) is 9.59 Å². The highest BCUT2D eigenvalue weighted by molar-refractivity contribution is 7.80. The van der Waals surface area contributed by atoms with Gasteiger partial charge in [-0.3, -0.25) is 19.8 Å². The largest absolute Gasteiger partial charge is 0.497 e. The fraction of sp³-hybridized carbons (Fsp3) is 0.240. The van der Waals surface area contributed by atoms with Gasteiger partial charge in [-0.2, -0.15) is 0 Å². The predicted octanol–water partition coefficient (Wildman–Crippen LogP) is 4.81. The molecule has 2 aliphatic heterocycles. The molecule has 8 heteroatoms. The van der Waals surface area contributed by atoms with E-state index in [2.05, 4.69) is 30.1 Å². The molecule has 6 nitrogen and oxygen atoms in total. The molecular weight excluding hydrogens is 458 g/mol. The summed E-state index contributed by atoms with van der Waals surface area (Å²) in [5, 5.41) is 3.07. The Kier molecular flexibility index (Phi) is 5.80. The van der Waals surface area contributed by atoms with Crippen LogP contribution >= 0.6 is 23.8 Å². The van der Waals surface area contributed by atoms with E-state index in [0.29, 0.717) is 22.0 Å². The zero-order valence-electron chi connectivity index (χ0n) is 19.0. The maximum Gasteiger partial charge on any atom is 0.270 e. The number of benzene rings is 2. The fourth-order valence-electron chi connectivity index (χ4n) is 4.08. The second-order valence-electron chi connectivity index (χ2n) is 8.59. The summed E-state index contributed by atoms with van der Waals surface area (Å²) in [7, 11) is 3.58. The molecule has 0 unspecified atom stereocenters. The Morgan fingerprint density at radius 1 is 1.15 bits per heavy atom. The normalized spacial score (nSPS) is 18.8. The van der Waals surface area contributed by atoms with Gasteiger partial charge in [0.1, 0.15) is 11.3 Å². The first-order valence-electron chi connectivity index (χ1n) is 10.4. The highest BCUT2D eigenvalue weighted by Crippen LogP contribution is 2.41. The number of anilines is 2. The Morgan fingerprint density at radius 2 is 1.82 bits per heavy atom. The maximum atomic E-state index is 13.3. The second kappa shape index (κ2) is 8.32. The average Bonchev–Trinajstić information content (AvgIpc) is 2.75. The Labute approximate surface area is 203 Å². The number of hydrogen-bond donors (Lipinski definition) is 1. The lowest BCUT2D eigenvalue weighted by Crippen LogP contribution is -2.54. The minimum Gasteiger partial charge on any atom is -0.497 e. The number of nitrogens with one attached hydrogen (secondary N) is 1. The quantitative estimate of drug-likeness (QED) is 0.387. The number of fused-ring (bicyclic) bond motifs is 1. The summed E-state index contributed by atoms with van der Waals surface area (Å²) in [5.74, 6) is -0.436. The summed E-state index contributed by atoms with van der Waals surface area (Å²) in [6.07, 6.45) is 3.70. The van der Waals surface area contributed by atoms with Crippen molar-refractivity contribution in [1.82, 2.24) is 5.32 Å². The number of ether oxygens (including phenoxy) is 1. The number of likely N-dealkylation sites (N-methyl/N-ethyl adjacent to an activating group) is 1. The number of nitrogens with zero attached hydrogens (tertiary/aromatic N) is 2. The zero-order valence-corrected chi connectivity index (χ0v) is 20.6. The highest BCUT2D eigenvalue weighted by Gasteiger charge is 2.35. The molecule has 0 aliphatic carbocycles. The SMILES string of the molecule is COc1ccc(N2C(=O)/C(=C/c3cc4c(cc3Cl)N(C)C(C)(C)C=C4C)C(=O)NC2=S)cc1. The van der Waals surface area contributed by atoms with Gasteiger partial charge in [-0.15, -0.1) is 0 Å². The third-order valence-electron chi connectivity index (χ3n) is 6.07. The molecule has 0 radical (unpaired) electrons. The van der Waals surface area contributed by atoms with Crippen molar-refractivity contribution < 1.29 is 14.3 Å². The van der Waals surface area contributed by atoms with Crippen LogP contribution in [0.25, 0.3) is 11.6 Å². The molecule has 0 saturated carbocycles. The van der Waals surface area contributed by atoms with Crippen LogP contribution in [-0.2, 0) is 9.59 Å². The number of thiocarbonyl (C=S) groups is 1. The molecule has 0 aromatic heterocycles. The van der Waals surface area contributed by atoms with Crippen LogP contribution in [0.2, 0.25) is 5.02 Å². The van der Waals surface area contributed by atoms with Crippen molar-refractivity contribution in [3.8, 4) is 5.75 Å². The molecule has 1 fully saturated rings. The van der Waals surface area contributed by atoms with Gasteiger partial charge in [0.25, 0.3) is 11.8 Å². The third kappa shape index (κ3) is 4.03. The fourth-order valence-corrected chi connectivity index (χ4v) is 4.57. The number of halogens is 1. The summed E-state index contributed by atoms with van der Waals surface area (Å²) < 4.78 is 5.17. The van der Waals surface area contributed by atoms with E-state index in [1.54, 1.807) is 31.4 Å². The van der Waals surface area contributed by atoms with E-state index in [0.717, 1.165) is 16.8 Å². The topological polar surface area (TPSA) is 61.9 Å². The molecule has 2 aliphatic rings. The molecule has 2 aromatic carbocycles. The van der Waals surface area contributed by atoms with Crippen molar-refractivity contribution in [1.29, 1.82) is 0 Å². The average molecular weight is 482 g/mol. The molecular formula is C25H24ClN3O3S. The second-order valence-corrected chi connectivity index (χ2v) is 9.38. The molecule has 33 heavy (non-hydrogen) atoms. The summed E-state index contributed by atoms with van der Waals surface area (Å²) in [6.45, 7) is 6.30. The summed E-state index contributed by atoms with van der Waals surface area (Å²) >= 11 is 11.9. The Hall–Kier alpha value is -3.16. The molecule has 0 bridgehead atoms. The van der Waals surface area contributed by atoms with Crippen LogP contribution in [0.3, 0.4) is 0 Å². The van der Waals surface area contributed by atoms with Gasteiger partial charge in [0, 0.05) is 23.3 Å². The zero-order chi connectivity index (χ0) is 24.1. The maximum absolute atomic E-state index is 13.3. The van der Waals surface area contributed by atoms with Gasteiger partial charge in [-0.25, -0.2) is 0 Å². The molecule has 2 heterocycles. The van der Waals surface area contributed by atoms with E-state index >= 15 is 0 Å². The van der Waals surface area contributed by atoms with Crippen LogP contribution in [0.4, 0.5) is 11.4 Å². The number of carbonyl (C=O) groups excluding carboxylic acids is 2. The van der Waals surface area contributed by atoms with Gasteiger partial charge < -0.3 is 9.64 Å². The predicted molar refractivity (Wildman–Crippen MR) is 137 cm³/mol. The number of amides is 2. The van der Waals surface area contributed by atoms with Crippen molar-refractivity contribution in [2.45, 2.75) is 26.3 Å². The molecule has 0 atom stereocenters. The van der Waals surface area contributed by atoms with Gasteiger partial charge in [0.2, 0.25) is 0 Å².